The van der Waals surface area contributed by atoms with Gasteiger partial charge in [-0.1, -0.05) is 0 Å². The second-order valence-corrected chi connectivity index (χ2v) is 4.34. The minimum Gasteiger partial charge on any atom is -0.374 e. The summed E-state index contributed by atoms with van der Waals surface area (Å²) in [5.41, 5.74) is 0. The predicted molar refractivity (Wildman–Crippen MR) is 42.4 cm³/mol. The monoisotopic (exact) mass is 153 g/mol. The summed E-state index contributed by atoms with van der Waals surface area (Å²) in [6.45, 7) is 2.57. The molecule has 3 rings (SSSR count). The first-order valence-electron chi connectivity index (χ1n) is 4.68. The lowest BCUT2D eigenvalue weighted by Crippen LogP contribution is -2.24. The van der Waals surface area contributed by atoms with Gasteiger partial charge in [0.15, 0.2) is 0 Å². The lowest BCUT2D eigenvalue weighted by Gasteiger charge is -2.18. The summed E-state index contributed by atoms with van der Waals surface area (Å²) in [6.07, 6.45) is 3.93. The van der Waals surface area contributed by atoms with Gasteiger partial charge in [0.1, 0.15) is 0 Å². The number of ether oxygens (including phenoxy) is 1. The molecule has 2 bridgehead atoms. The van der Waals surface area contributed by atoms with Crippen LogP contribution in [0.15, 0.2) is 0 Å². The Bertz CT molecular complexity index is 164. The number of hydrogen-bond donors (Lipinski definition) is 0. The van der Waals surface area contributed by atoms with Gasteiger partial charge in [-0.25, -0.2) is 0 Å². The molecule has 11 heavy (non-hydrogen) atoms. The zero-order valence-corrected chi connectivity index (χ0v) is 6.99. The van der Waals surface area contributed by atoms with E-state index in [1.165, 1.54) is 25.9 Å². The number of fused-ring (bicyclic) bond motifs is 5. The van der Waals surface area contributed by atoms with Crippen LogP contribution in [0.4, 0.5) is 0 Å². The molecule has 0 unspecified atom stereocenters. The van der Waals surface area contributed by atoms with Crippen molar-refractivity contribution in [1.82, 2.24) is 4.90 Å². The molecule has 0 amide bonds. The van der Waals surface area contributed by atoms with Crippen molar-refractivity contribution in [1.29, 1.82) is 0 Å². The van der Waals surface area contributed by atoms with Gasteiger partial charge in [0, 0.05) is 24.9 Å². The van der Waals surface area contributed by atoms with Crippen LogP contribution in [0.25, 0.3) is 0 Å². The van der Waals surface area contributed by atoms with E-state index in [4.69, 9.17) is 4.74 Å². The largest absolute Gasteiger partial charge is 0.374 e. The van der Waals surface area contributed by atoms with Gasteiger partial charge in [-0.3, -0.25) is 0 Å². The summed E-state index contributed by atoms with van der Waals surface area (Å²) < 4.78 is 5.86. The molecule has 0 aromatic heterocycles. The fraction of sp³-hybridized carbons (Fsp3) is 1.00. The van der Waals surface area contributed by atoms with Crippen molar-refractivity contribution in [2.24, 2.45) is 11.8 Å². The van der Waals surface area contributed by atoms with Gasteiger partial charge < -0.3 is 9.64 Å². The predicted octanol–water partition coefficient (Wildman–Crippen LogP) is 0.725. The van der Waals surface area contributed by atoms with Crippen LogP contribution in [0.3, 0.4) is 0 Å². The van der Waals surface area contributed by atoms with Crippen LogP contribution in [0.1, 0.15) is 12.8 Å². The molecule has 2 heteroatoms. The quantitative estimate of drug-likeness (QED) is 0.508. The fourth-order valence-electron chi connectivity index (χ4n) is 3.17. The van der Waals surface area contributed by atoms with E-state index in [0.29, 0.717) is 12.2 Å². The van der Waals surface area contributed by atoms with E-state index in [9.17, 15) is 0 Å². The van der Waals surface area contributed by atoms with Crippen molar-refractivity contribution < 1.29 is 4.74 Å². The highest BCUT2D eigenvalue weighted by molar-refractivity contribution is 5.01. The standard InChI is InChI=1S/C9H15NO/c1-10-4-6-7(5-10)9-3-2-8(6)11-9/h6-9H,2-5H2,1H3/t6-,7+,8+,9-. The first-order valence-corrected chi connectivity index (χ1v) is 4.68. The number of likely N-dealkylation sites (tertiary alicyclic amines) is 1. The van der Waals surface area contributed by atoms with Crippen LogP contribution >= 0.6 is 0 Å². The SMILES string of the molecule is CN1C[C@@H]2[C@H](C1)[C@H]1CC[C@@H]2O1. The molecule has 0 N–H and O–H groups in total. The van der Waals surface area contributed by atoms with Crippen molar-refractivity contribution in [3.63, 3.8) is 0 Å². The van der Waals surface area contributed by atoms with Crippen LogP contribution in [0.5, 0.6) is 0 Å². The normalized spacial score (nSPS) is 55.4. The van der Waals surface area contributed by atoms with Crippen LogP contribution in [0.2, 0.25) is 0 Å². The maximum Gasteiger partial charge on any atom is 0.0624 e. The van der Waals surface area contributed by atoms with Gasteiger partial charge in [-0.2, -0.15) is 0 Å². The smallest absolute Gasteiger partial charge is 0.0624 e. The minimum atomic E-state index is 0.634. The Kier molecular flexibility index (Phi) is 1.16. The van der Waals surface area contributed by atoms with Gasteiger partial charge in [0.25, 0.3) is 0 Å². The molecule has 0 aromatic rings. The Balaban J connectivity index is 1.87. The van der Waals surface area contributed by atoms with E-state index < -0.39 is 0 Å². The summed E-state index contributed by atoms with van der Waals surface area (Å²) in [5.74, 6) is 1.78. The van der Waals surface area contributed by atoms with Gasteiger partial charge in [0.2, 0.25) is 0 Å². The zero-order chi connectivity index (χ0) is 7.42. The van der Waals surface area contributed by atoms with Crippen molar-refractivity contribution in [2.45, 2.75) is 25.0 Å². The highest BCUT2D eigenvalue weighted by Crippen LogP contribution is 2.46. The molecule has 0 aliphatic carbocycles. The Morgan fingerprint density at radius 1 is 1.09 bits per heavy atom. The Labute approximate surface area is 67.5 Å². The molecule has 4 atom stereocenters. The summed E-state index contributed by atoms with van der Waals surface area (Å²) in [4.78, 5) is 2.46. The van der Waals surface area contributed by atoms with Gasteiger partial charge in [0.05, 0.1) is 12.2 Å². The number of rotatable bonds is 0. The number of nitrogens with zero attached hydrogens (tertiary/aromatic N) is 1. The molecule has 3 saturated heterocycles. The van der Waals surface area contributed by atoms with Crippen molar-refractivity contribution in [3.8, 4) is 0 Å². The van der Waals surface area contributed by atoms with Crippen molar-refractivity contribution >= 4 is 0 Å². The lowest BCUT2D eigenvalue weighted by molar-refractivity contribution is 0.0735. The summed E-state index contributed by atoms with van der Waals surface area (Å²) in [7, 11) is 2.23. The molecular weight excluding hydrogens is 138 g/mol. The number of hydrogen-bond acceptors (Lipinski definition) is 2. The third-order valence-corrected chi connectivity index (χ3v) is 3.64. The van der Waals surface area contributed by atoms with E-state index in [2.05, 4.69) is 11.9 Å². The van der Waals surface area contributed by atoms with E-state index in [1.807, 2.05) is 0 Å². The van der Waals surface area contributed by atoms with E-state index in [1.54, 1.807) is 0 Å². The highest BCUT2D eigenvalue weighted by atomic mass is 16.5. The summed E-state index contributed by atoms with van der Waals surface area (Å²) >= 11 is 0. The molecular formula is C9H15NO. The molecule has 3 aliphatic heterocycles. The van der Waals surface area contributed by atoms with Crippen molar-refractivity contribution in [2.75, 3.05) is 20.1 Å². The van der Waals surface area contributed by atoms with E-state index in [-0.39, 0.29) is 0 Å². The van der Waals surface area contributed by atoms with Crippen LogP contribution in [0, 0.1) is 11.8 Å². The first-order chi connectivity index (χ1) is 5.34. The average Bonchev–Trinajstić information content (AvgIpc) is 2.53. The molecule has 0 aromatic carbocycles. The van der Waals surface area contributed by atoms with Crippen LogP contribution < -0.4 is 0 Å². The highest BCUT2D eigenvalue weighted by Gasteiger charge is 2.52. The van der Waals surface area contributed by atoms with E-state index >= 15 is 0 Å². The molecule has 0 radical (unpaired) electrons. The molecule has 0 saturated carbocycles. The van der Waals surface area contributed by atoms with E-state index in [0.717, 1.165) is 11.8 Å². The maximum atomic E-state index is 5.86. The molecule has 62 valence electrons. The Hall–Kier alpha value is -0.0800. The molecule has 2 nitrogen and oxygen atoms in total. The molecule has 3 fully saturated rings. The topological polar surface area (TPSA) is 12.5 Å². The second-order valence-electron chi connectivity index (χ2n) is 4.34. The Morgan fingerprint density at radius 2 is 1.64 bits per heavy atom. The lowest BCUT2D eigenvalue weighted by atomic mass is 9.82. The summed E-state index contributed by atoms with van der Waals surface area (Å²) in [6, 6.07) is 0. The van der Waals surface area contributed by atoms with Crippen LogP contribution in [-0.4, -0.2) is 37.2 Å². The summed E-state index contributed by atoms with van der Waals surface area (Å²) in [5, 5.41) is 0. The second kappa shape index (κ2) is 1.99. The fourth-order valence-corrected chi connectivity index (χ4v) is 3.17. The zero-order valence-electron chi connectivity index (χ0n) is 6.99. The maximum absolute atomic E-state index is 5.86. The minimum absolute atomic E-state index is 0.634. The van der Waals surface area contributed by atoms with Gasteiger partial charge in [-0.05, 0) is 19.9 Å². The van der Waals surface area contributed by atoms with Gasteiger partial charge >= 0.3 is 0 Å². The first kappa shape index (κ1) is 6.44. The van der Waals surface area contributed by atoms with Gasteiger partial charge in [-0.15, -0.1) is 0 Å². The third-order valence-electron chi connectivity index (χ3n) is 3.64. The van der Waals surface area contributed by atoms with Crippen LogP contribution in [-0.2, 0) is 4.74 Å². The van der Waals surface area contributed by atoms with Crippen molar-refractivity contribution in [3.05, 3.63) is 0 Å². The molecule has 0 spiro atoms. The third kappa shape index (κ3) is 0.744. The molecule has 3 heterocycles. The Morgan fingerprint density at radius 3 is 2.18 bits per heavy atom. The average molecular weight is 153 g/mol. The molecule has 3 aliphatic rings.